The van der Waals surface area contributed by atoms with Gasteiger partial charge in [0.15, 0.2) is 16.8 Å². The van der Waals surface area contributed by atoms with E-state index in [4.69, 9.17) is 33.7 Å². The molecule has 1 aliphatic heterocycles. The number of rotatable bonds is 15. The Morgan fingerprint density at radius 2 is 1.93 bits per heavy atom. The number of anilines is 1. The van der Waals surface area contributed by atoms with Crippen LogP contribution in [0.4, 0.5) is 15.1 Å². The predicted octanol–water partition coefficient (Wildman–Crippen LogP) is 2.08. The second-order valence-corrected chi connectivity index (χ2v) is 13.1. The molecule has 17 nitrogen and oxygen atoms in total. The van der Waals surface area contributed by atoms with Crippen molar-refractivity contribution in [3.8, 4) is 5.88 Å². The molecule has 2 aromatic rings. The first-order valence-electron chi connectivity index (χ1n) is 14.4. The third kappa shape index (κ3) is 8.98. The fourth-order valence-electron chi connectivity index (χ4n) is 4.42. The van der Waals surface area contributed by atoms with Gasteiger partial charge < -0.3 is 39.7 Å². The third-order valence-corrected chi connectivity index (χ3v) is 8.32. The van der Waals surface area contributed by atoms with Crippen molar-refractivity contribution in [1.29, 1.82) is 0 Å². The van der Waals surface area contributed by atoms with Gasteiger partial charge in [-0.1, -0.05) is 20.8 Å². The van der Waals surface area contributed by atoms with Gasteiger partial charge in [0, 0.05) is 6.54 Å². The molecule has 0 saturated carbocycles. The Hall–Kier alpha value is -3.15. The topological polar surface area (TPSA) is 221 Å². The lowest BCUT2D eigenvalue weighted by molar-refractivity contribution is -0.148. The molecule has 1 unspecified atom stereocenters. The highest BCUT2D eigenvalue weighted by molar-refractivity contribution is 7.51. The number of carbonyl (C=O) groups is 2. The molecule has 1 fully saturated rings. The number of ether oxygens (including phenoxy) is 4. The van der Waals surface area contributed by atoms with Crippen molar-refractivity contribution in [2.45, 2.75) is 85.0 Å². The number of alkyl carbamates (subject to hydrolysis) is 1. The minimum Gasteiger partial charge on any atom is -0.476 e. The molecular weight excluding hydrogens is 620 g/mol. The largest absolute Gasteiger partial charge is 0.476 e. The minimum absolute atomic E-state index is 0.0513. The summed E-state index contributed by atoms with van der Waals surface area (Å²) < 4.78 is 63.5. The Labute approximate surface area is 260 Å². The lowest BCUT2D eigenvalue weighted by Crippen LogP contribution is -2.47. The lowest BCUT2D eigenvalue weighted by atomic mass is 9.87. The Kier molecular flexibility index (Phi) is 12.1. The van der Waals surface area contributed by atoms with Gasteiger partial charge in [-0.15, -0.1) is 0 Å². The monoisotopic (exact) mass is 663 g/mol. The molecule has 0 bridgehead atoms. The smallest absolute Gasteiger partial charge is 0.409 e. The van der Waals surface area contributed by atoms with Crippen LogP contribution in [0, 0.1) is 5.41 Å². The normalized spacial score (nSPS) is 23.8. The Morgan fingerprint density at radius 3 is 2.56 bits per heavy atom. The number of hydrogen-bond acceptors (Lipinski definition) is 14. The first-order valence-corrected chi connectivity index (χ1v) is 16.0. The number of amides is 1. The summed E-state index contributed by atoms with van der Waals surface area (Å²) in [4.78, 5) is 37.0. The van der Waals surface area contributed by atoms with Crippen molar-refractivity contribution in [1.82, 2.24) is 29.9 Å². The highest BCUT2D eigenvalue weighted by atomic mass is 31.2. The molecule has 5 N–H and O–H groups in total. The van der Waals surface area contributed by atoms with Gasteiger partial charge in [0.05, 0.1) is 32.7 Å². The van der Waals surface area contributed by atoms with Gasteiger partial charge in [0.2, 0.25) is 18.6 Å². The average molecular weight is 664 g/mol. The number of nitrogens with one attached hydrogen (secondary N) is 2. The van der Waals surface area contributed by atoms with E-state index in [0.717, 1.165) is 6.92 Å². The molecular formula is C26H43FN7O10P. The number of aliphatic hydroxyl groups is 1. The molecule has 0 spiro atoms. The molecule has 2 aromatic heterocycles. The van der Waals surface area contributed by atoms with Crippen LogP contribution in [0.1, 0.15) is 48.5 Å². The van der Waals surface area contributed by atoms with Crippen LogP contribution in [-0.2, 0) is 39.2 Å². The van der Waals surface area contributed by atoms with E-state index in [1.54, 1.807) is 41.5 Å². The number of nitrogen functional groups attached to an aromatic ring is 1. The predicted molar refractivity (Wildman–Crippen MR) is 158 cm³/mol. The zero-order valence-corrected chi connectivity index (χ0v) is 27.3. The van der Waals surface area contributed by atoms with Crippen molar-refractivity contribution < 1.29 is 51.6 Å². The van der Waals surface area contributed by atoms with Crippen molar-refractivity contribution in [3.63, 3.8) is 0 Å². The maximum absolute atomic E-state index is 15.9. The van der Waals surface area contributed by atoms with Gasteiger partial charge in [-0.2, -0.15) is 9.97 Å². The van der Waals surface area contributed by atoms with Crippen LogP contribution in [0.25, 0.3) is 11.2 Å². The number of carbonyl (C=O) groups excluding carboxylic acids is 2. The summed E-state index contributed by atoms with van der Waals surface area (Å²) in [6.07, 6.45) is -3.78. The van der Waals surface area contributed by atoms with Crippen LogP contribution in [0.3, 0.4) is 0 Å². The number of aromatic nitrogens is 4. The average Bonchev–Trinajstić information content (AvgIpc) is 3.44. The molecule has 45 heavy (non-hydrogen) atoms. The van der Waals surface area contributed by atoms with E-state index in [9.17, 15) is 19.3 Å². The first-order chi connectivity index (χ1) is 21.1. The van der Waals surface area contributed by atoms with Gasteiger partial charge in [0.1, 0.15) is 24.4 Å². The summed E-state index contributed by atoms with van der Waals surface area (Å²) in [5, 5.41) is 15.8. The van der Waals surface area contributed by atoms with Crippen molar-refractivity contribution in [2.24, 2.45) is 5.41 Å². The van der Waals surface area contributed by atoms with Crippen LogP contribution < -0.4 is 20.9 Å². The summed E-state index contributed by atoms with van der Waals surface area (Å²) in [5.74, 6) is -0.651. The minimum atomic E-state index is -4.50. The van der Waals surface area contributed by atoms with Crippen LogP contribution in [-0.4, -0.2) is 99.9 Å². The number of hydrogen-bond donors (Lipinski definition) is 4. The molecule has 1 saturated heterocycles. The van der Waals surface area contributed by atoms with Crippen LogP contribution in [0.2, 0.25) is 0 Å². The molecule has 0 aliphatic carbocycles. The molecule has 3 heterocycles. The lowest BCUT2D eigenvalue weighted by Gasteiger charge is -2.32. The second-order valence-electron chi connectivity index (χ2n) is 11.3. The second kappa shape index (κ2) is 15.0. The highest BCUT2D eigenvalue weighted by Crippen LogP contribution is 2.47. The highest BCUT2D eigenvalue weighted by Gasteiger charge is 2.54. The molecule has 0 aromatic carbocycles. The molecule has 19 heteroatoms. The fourth-order valence-corrected chi connectivity index (χ4v) is 5.99. The van der Waals surface area contributed by atoms with Crippen LogP contribution >= 0.6 is 7.75 Å². The van der Waals surface area contributed by atoms with Gasteiger partial charge in [-0.05, 0) is 33.1 Å². The van der Waals surface area contributed by atoms with E-state index in [-0.39, 0.29) is 37.2 Å². The maximum Gasteiger partial charge on any atom is 0.409 e. The summed E-state index contributed by atoms with van der Waals surface area (Å²) in [6.45, 7) is 10.3. The number of aliphatic hydroxyl groups excluding tert-OH is 1. The summed E-state index contributed by atoms with van der Waals surface area (Å²) >= 11 is 0. The van der Waals surface area contributed by atoms with E-state index in [2.05, 4.69) is 25.4 Å². The number of alkyl halides is 1. The zero-order valence-electron chi connectivity index (χ0n) is 26.4. The number of imidazole rings is 1. The van der Waals surface area contributed by atoms with Crippen LogP contribution in [0.15, 0.2) is 6.33 Å². The molecule has 0 radical (unpaired) electrons. The van der Waals surface area contributed by atoms with Gasteiger partial charge in [0.25, 0.3) is 0 Å². The van der Waals surface area contributed by atoms with Gasteiger partial charge in [-0.25, -0.2) is 23.8 Å². The quantitative estimate of drug-likeness (QED) is 0.122. The van der Waals surface area contributed by atoms with Crippen molar-refractivity contribution >= 4 is 36.9 Å². The molecule has 1 aliphatic rings. The number of nitrogens with zero attached hydrogens (tertiary/aromatic N) is 4. The van der Waals surface area contributed by atoms with Crippen molar-refractivity contribution in [2.75, 3.05) is 38.9 Å². The van der Waals surface area contributed by atoms with E-state index >= 15 is 4.39 Å². The standard InChI is InChI=1S/C26H43FN7O10P/c1-8-29-24(37)41-14-43-45(38,33-18(25(4,5)6)22(36)40-10-3)42-12-15-19(35)26(7,27)16(44-15)11-34-13-30-17-20(34)31-23(28)32-21(17)39-9-2/h13,15-16,18-19,35H,8-12,14H2,1-7H3,(H,29,37)(H,33,38)(H2,28,31,32)/t15-,16+,18-,19-,26+,45?/m1/s1. The maximum atomic E-state index is 15.9. The Balaban J connectivity index is 1.80. The van der Waals surface area contributed by atoms with E-state index in [1.165, 1.54) is 10.9 Å². The molecule has 254 valence electrons. The number of nitrogens with two attached hydrogens (primary N) is 1. The Morgan fingerprint density at radius 1 is 1.22 bits per heavy atom. The molecule has 6 atom stereocenters. The molecule has 1 amide bonds. The SMILES string of the molecule is CCNC(=O)OCOP(=O)(N[C@H](C(=O)OCC)C(C)(C)C)OC[C@H]1O[C@@H](Cn2cnc3c(OCC)nc(N)nc32)[C@](C)(F)[C@@H]1O. The first kappa shape index (κ1) is 36.3. The van der Waals surface area contributed by atoms with E-state index in [1.807, 2.05) is 0 Å². The summed E-state index contributed by atoms with van der Waals surface area (Å²) in [5.41, 5.74) is 3.23. The summed E-state index contributed by atoms with van der Waals surface area (Å²) in [6, 6.07) is -1.20. The number of halogens is 1. The Bertz CT molecular complexity index is 1370. The van der Waals surface area contributed by atoms with E-state index < -0.39 is 68.6 Å². The third-order valence-electron chi connectivity index (χ3n) is 6.81. The van der Waals surface area contributed by atoms with Crippen LogP contribution in [0.5, 0.6) is 5.88 Å². The molecule has 3 rings (SSSR count). The van der Waals surface area contributed by atoms with Crippen molar-refractivity contribution in [3.05, 3.63) is 6.33 Å². The number of esters is 1. The van der Waals surface area contributed by atoms with Gasteiger partial charge in [-0.3, -0.25) is 13.8 Å². The zero-order chi connectivity index (χ0) is 33.6. The van der Waals surface area contributed by atoms with Gasteiger partial charge >= 0.3 is 19.8 Å². The number of fused-ring (bicyclic) bond motifs is 1. The fraction of sp³-hybridized carbons (Fsp3) is 0.731. The summed E-state index contributed by atoms with van der Waals surface area (Å²) in [7, 11) is -4.50. The van der Waals surface area contributed by atoms with E-state index in [0.29, 0.717) is 12.1 Å².